The molecular formula is C8H12. The highest BCUT2D eigenvalue weighted by Gasteiger charge is 2.09. The molecule has 0 N–H and O–H groups in total. The van der Waals surface area contributed by atoms with Gasteiger partial charge in [0, 0.05) is 0 Å². The fourth-order valence-corrected chi connectivity index (χ4v) is 1.04. The van der Waals surface area contributed by atoms with E-state index in [9.17, 15) is 0 Å². The van der Waals surface area contributed by atoms with Gasteiger partial charge in [-0.05, 0) is 19.3 Å². The van der Waals surface area contributed by atoms with E-state index < -0.39 is 0 Å². The highest BCUT2D eigenvalue weighted by Crippen LogP contribution is 2.25. The summed E-state index contributed by atoms with van der Waals surface area (Å²) in [7, 11) is 0. The zero-order chi connectivity index (χ0) is 5.98. The topological polar surface area (TPSA) is 0 Å². The van der Waals surface area contributed by atoms with Crippen LogP contribution in [-0.2, 0) is 0 Å². The molecule has 44 valence electrons. The summed E-state index contributed by atoms with van der Waals surface area (Å²) >= 11 is 0. The van der Waals surface area contributed by atoms with Crippen molar-refractivity contribution >= 4 is 0 Å². The van der Waals surface area contributed by atoms with Crippen LogP contribution in [0.4, 0.5) is 0 Å². The maximum atomic E-state index is 2.31. The molecule has 0 saturated carbocycles. The van der Waals surface area contributed by atoms with Crippen LogP contribution in [-0.4, -0.2) is 0 Å². The van der Waals surface area contributed by atoms with Crippen LogP contribution in [0, 0.1) is 5.92 Å². The van der Waals surface area contributed by atoms with Gasteiger partial charge < -0.3 is 0 Å². The van der Waals surface area contributed by atoms with Crippen molar-refractivity contribution in [3.63, 3.8) is 0 Å². The second kappa shape index (κ2) is 2.17. The van der Waals surface area contributed by atoms with Crippen molar-refractivity contribution in [2.24, 2.45) is 5.92 Å². The van der Waals surface area contributed by atoms with E-state index in [0.717, 1.165) is 5.92 Å². The lowest BCUT2D eigenvalue weighted by Crippen LogP contribution is -2.02. The molecule has 1 atom stereocenters. The van der Waals surface area contributed by atoms with Gasteiger partial charge in [-0.2, -0.15) is 0 Å². The van der Waals surface area contributed by atoms with Crippen molar-refractivity contribution in [1.29, 1.82) is 0 Å². The van der Waals surface area contributed by atoms with Gasteiger partial charge in [-0.3, -0.25) is 0 Å². The lowest BCUT2D eigenvalue weighted by Gasteiger charge is -2.17. The average Bonchev–Trinajstić information content (AvgIpc) is 1.64. The lowest BCUT2D eigenvalue weighted by molar-refractivity contribution is 0.653. The first-order valence-electron chi connectivity index (χ1n) is 3.16. The van der Waals surface area contributed by atoms with Gasteiger partial charge in [0.05, 0.1) is 0 Å². The molecule has 0 spiro atoms. The first kappa shape index (κ1) is 5.61. The summed E-state index contributed by atoms with van der Waals surface area (Å²) in [4.78, 5) is 0. The van der Waals surface area contributed by atoms with Crippen LogP contribution in [0.3, 0.4) is 0 Å². The Bertz CT molecular complexity index is 129. The molecule has 0 bridgehead atoms. The van der Waals surface area contributed by atoms with E-state index in [1.54, 1.807) is 0 Å². The molecule has 0 radical (unpaired) electrons. The Kier molecular flexibility index (Phi) is 1.52. The summed E-state index contributed by atoms with van der Waals surface area (Å²) in [5, 5.41) is 0. The zero-order valence-corrected chi connectivity index (χ0v) is 5.52. The Morgan fingerprint density at radius 2 is 2.38 bits per heavy atom. The van der Waals surface area contributed by atoms with Crippen LogP contribution in [0.25, 0.3) is 0 Å². The molecule has 1 unspecified atom stereocenters. The zero-order valence-electron chi connectivity index (χ0n) is 5.52. The van der Waals surface area contributed by atoms with Gasteiger partial charge in [0.1, 0.15) is 0 Å². The Morgan fingerprint density at radius 3 is 2.75 bits per heavy atom. The number of allylic oxidation sites excluding steroid dienone is 4. The molecular weight excluding hydrogens is 96.1 g/mol. The Balaban J connectivity index is 2.42. The standard InChI is InChI=1S/C8H12/c1-3-4-8-5-7(2)6-8/h3-5,7H,6H2,1-2H3. The third-order valence-corrected chi connectivity index (χ3v) is 1.44. The van der Waals surface area contributed by atoms with Crippen molar-refractivity contribution in [1.82, 2.24) is 0 Å². The predicted molar refractivity (Wildman–Crippen MR) is 36.7 cm³/mol. The minimum atomic E-state index is 0.834. The lowest BCUT2D eigenvalue weighted by atomic mass is 9.88. The second-order valence-corrected chi connectivity index (χ2v) is 2.42. The SMILES string of the molecule is CC=CC1=CC(C)C1. The van der Waals surface area contributed by atoms with Crippen molar-refractivity contribution in [3.05, 3.63) is 23.8 Å². The molecule has 0 heteroatoms. The molecule has 0 saturated heterocycles. The normalized spacial score (nSPS) is 27.8. The van der Waals surface area contributed by atoms with Gasteiger partial charge in [-0.15, -0.1) is 0 Å². The van der Waals surface area contributed by atoms with E-state index in [1.807, 2.05) is 0 Å². The van der Waals surface area contributed by atoms with E-state index in [-0.39, 0.29) is 0 Å². The molecule has 1 aliphatic carbocycles. The molecule has 8 heavy (non-hydrogen) atoms. The maximum absolute atomic E-state index is 2.31. The monoisotopic (exact) mass is 108 g/mol. The van der Waals surface area contributed by atoms with Crippen LogP contribution >= 0.6 is 0 Å². The molecule has 0 nitrogen and oxygen atoms in total. The second-order valence-electron chi connectivity index (χ2n) is 2.42. The van der Waals surface area contributed by atoms with Gasteiger partial charge in [-0.1, -0.05) is 30.7 Å². The van der Waals surface area contributed by atoms with Crippen molar-refractivity contribution < 1.29 is 0 Å². The van der Waals surface area contributed by atoms with Gasteiger partial charge in [0.25, 0.3) is 0 Å². The van der Waals surface area contributed by atoms with Crippen molar-refractivity contribution in [2.45, 2.75) is 20.3 Å². The fourth-order valence-electron chi connectivity index (χ4n) is 1.04. The Morgan fingerprint density at radius 1 is 1.75 bits per heavy atom. The quantitative estimate of drug-likeness (QED) is 0.484. The van der Waals surface area contributed by atoms with Gasteiger partial charge >= 0.3 is 0 Å². The molecule has 0 aromatic carbocycles. The van der Waals surface area contributed by atoms with E-state index >= 15 is 0 Å². The van der Waals surface area contributed by atoms with Crippen LogP contribution in [0.2, 0.25) is 0 Å². The van der Waals surface area contributed by atoms with Crippen LogP contribution in [0.15, 0.2) is 23.8 Å². The molecule has 0 aromatic rings. The Labute approximate surface area is 50.9 Å². The van der Waals surface area contributed by atoms with Crippen LogP contribution in [0.5, 0.6) is 0 Å². The summed E-state index contributed by atoms with van der Waals surface area (Å²) in [6.45, 7) is 4.30. The molecule has 0 heterocycles. The third kappa shape index (κ3) is 1.00. The largest absolute Gasteiger partial charge is 0.0874 e. The van der Waals surface area contributed by atoms with Crippen molar-refractivity contribution in [2.75, 3.05) is 0 Å². The molecule has 0 aliphatic heterocycles. The number of hydrogen-bond acceptors (Lipinski definition) is 0. The first-order chi connectivity index (χ1) is 3.83. The maximum Gasteiger partial charge on any atom is -0.0216 e. The highest BCUT2D eigenvalue weighted by molar-refractivity contribution is 5.27. The van der Waals surface area contributed by atoms with Gasteiger partial charge in [0.15, 0.2) is 0 Å². The van der Waals surface area contributed by atoms with E-state index in [4.69, 9.17) is 0 Å². The number of hydrogen-bond donors (Lipinski definition) is 0. The summed E-state index contributed by atoms with van der Waals surface area (Å²) in [6, 6.07) is 0. The summed E-state index contributed by atoms with van der Waals surface area (Å²) in [6.07, 6.45) is 7.86. The molecule has 0 amide bonds. The highest BCUT2D eigenvalue weighted by atomic mass is 14.1. The first-order valence-corrected chi connectivity index (χ1v) is 3.16. The third-order valence-electron chi connectivity index (χ3n) is 1.44. The molecule has 0 aromatic heterocycles. The summed E-state index contributed by atoms with van der Waals surface area (Å²) < 4.78 is 0. The van der Waals surface area contributed by atoms with E-state index in [2.05, 4.69) is 32.1 Å². The fraction of sp³-hybridized carbons (Fsp3) is 0.500. The van der Waals surface area contributed by atoms with Crippen molar-refractivity contribution in [3.8, 4) is 0 Å². The predicted octanol–water partition coefficient (Wildman–Crippen LogP) is 2.53. The minimum Gasteiger partial charge on any atom is -0.0874 e. The van der Waals surface area contributed by atoms with Crippen LogP contribution < -0.4 is 0 Å². The Hall–Kier alpha value is -0.520. The van der Waals surface area contributed by atoms with Gasteiger partial charge in [-0.25, -0.2) is 0 Å². The summed E-state index contributed by atoms with van der Waals surface area (Å²) in [5.74, 6) is 0.834. The van der Waals surface area contributed by atoms with E-state index in [0.29, 0.717) is 0 Å². The molecule has 1 aliphatic rings. The summed E-state index contributed by atoms with van der Waals surface area (Å²) in [5.41, 5.74) is 1.50. The van der Waals surface area contributed by atoms with Crippen LogP contribution in [0.1, 0.15) is 20.3 Å². The smallest absolute Gasteiger partial charge is 0.0216 e. The molecule has 0 fully saturated rings. The molecule has 1 rings (SSSR count). The van der Waals surface area contributed by atoms with E-state index in [1.165, 1.54) is 12.0 Å². The minimum absolute atomic E-state index is 0.834. The number of rotatable bonds is 1. The van der Waals surface area contributed by atoms with Gasteiger partial charge in [0.2, 0.25) is 0 Å². The average molecular weight is 108 g/mol.